The van der Waals surface area contributed by atoms with E-state index < -0.39 is 0 Å². The van der Waals surface area contributed by atoms with Crippen LogP contribution in [-0.2, 0) is 17.8 Å². The van der Waals surface area contributed by atoms with Gasteiger partial charge in [0.15, 0.2) is 0 Å². The molecule has 3 aromatic rings. The number of fused-ring (bicyclic) bond motifs is 1. The summed E-state index contributed by atoms with van der Waals surface area (Å²) in [6.45, 7) is 0.427. The van der Waals surface area contributed by atoms with E-state index in [1.165, 1.54) is 0 Å². The molecular weight excluding hydrogens is 296 g/mol. The normalized spacial score (nSPS) is 10.6. The van der Waals surface area contributed by atoms with Gasteiger partial charge in [0.1, 0.15) is 0 Å². The van der Waals surface area contributed by atoms with Gasteiger partial charge in [0.2, 0.25) is 5.91 Å². The van der Waals surface area contributed by atoms with Crippen LogP contribution in [0.5, 0.6) is 0 Å². The highest BCUT2D eigenvalue weighted by atomic mass is 35.5. The summed E-state index contributed by atoms with van der Waals surface area (Å²) in [6.07, 6.45) is 2.05. The quantitative estimate of drug-likeness (QED) is 0.797. The third-order valence-corrected chi connectivity index (χ3v) is 3.87. The number of carbonyl (C=O) groups excluding carboxylic acids is 1. The molecule has 1 heterocycles. The molecule has 110 valence electrons. The first-order chi connectivity index (χ1) is 10.7. The van der Waals surface area contributed by atoms with Crippen molar-refractivity contribution in [3.05, 3.63) is 76.9 Å². The highest BCUT2D eigenvalue weighted by molar-refractivity contribution is 6.31. The highest BCUT2D eigenvalue weighted by Crippen LogP contribution is 2.17. The second-order valence-electron chi connectivity index (χ2n) is 5.04. The largest absolute Gasteiger partial charge is 0.352 e. The van der Waals surface area contributed by atoms with Crippen molar-refractivity contribution in [3.63, 3.8) is 0 Å². The second kappa shape index (κ2) is 6.58. The van der Waals surface area contributed by atoms with E-state index in [4.69, 9.17) is 11.6 Å². The summed E-state index contributed by atoms with van der Waals surface area (Å²) in [5.41, 5.74) is 2.71. The van der Waals surface area contributed by atoms with Gasteiger partial charge in [0, 0.05) is 23.2 Å². The molecule has 0 aliphatic carbocycles. The fourth-order valence-corrected chi connectivity index (χ4v) is 2.58. The van der Waals surface area contributed by atoms with E-state index in [2.05, 4.69) is 10.3 Å². The Morgan fingerprint density at radius 3 is 2.64 bits per heavy atom. The van der Waals surface area contributed by atoms with E-state index >= 15 is 0 Å². The van der Waals surface area contributed by atoms with Gasteiger partial charge < -0.3 is 5.32 Å². The summed E-state index contributed by atoms with van der Waals surface area (Å²) in [5, 5.41) is 4.60. The van der Waals surface area contributed by atoms with Crippen molar-refractivity contribution >= 4 is 28.4 Å². The molecular formula is C18H15ClN2O. The zero-order chi connectivity index (χ0) is 15.4. The van der Waals surface area contributed by atoms with Crippen LogP contribution >= 0.6 is 11.6 Å². The molecule has 1 amide bonds. The van der Waals surface area contributed by atoms with E-state index in [1.54, 1.807) is 6.20 Å². The van der Waals surface area contributed by atoms with Gasteiger partial charge in [-0.05, 0) is 23.3 Å². The van der Waals surface area contributed by atoms with Gasteiger partial charge in [-0.25, -0.2) is 0 Å². The average Bonchev–Trinajstić information content (AvgIpc) is 2.54. The maximum Gasteiger partial charge on any atom is 0.224 e. The number of para-hydroxylation sites is 1. The number of pyridine rings is 1. The molecule has 0 radical (unpaired) electrons. The lowest BCUT2D eigenvalue weighted by Gasteiger charge is -2.08. The number of aromatic nitrogens is 1. The van der Waals surface area contributed by atoms with Gasteiger partial charge >= 0.3 is 0 Å². The maximum absolute atomic E-state index is 12.2. The standard InChI is InChI=1S/C18H15ClN2O/c19-16-9-2-1-5-15(16)12-21-17(22)11-14-7-3-6-13-8-4-10-20-18(13)14/h1-10H,11-12H2,(H,21,22). The van der Waals surface area contributed by atoms with Gasteiger partial charge in [-0.3, -0.25) is 9.78 Å². The Morgan fingerprint density at radius 2 is 1.77 bits per heavy atom. The number of amides is 1. The van der Waals surface area contributed by atoms with Crippen molar-refractivity contribution in [2.45, 2.75) is 13.0 Å². The number of hydrogen-bond donors (Lipinski definition) is 1. The third kappa shape index (κ3) is 3.26. The molecule has 0 fully saturated rings. The zero-order valence-electron chi connectivity index (χ0n) is 11.9. The molecule has 22 heavy (non-hydrogen) atoms. The van der Waals surface area contributed by atoms with E-state index in [1.807, 2.05) is 54.6 Å². The Bertz CT molecular complexity index is 812. The zero-order valence-corrected chi connectivity index (χ0v) is 12.7. The summed E-state index contributed by atoms with van der Waals surface area (Å²) in [7, 11) is 0. The van der Waals surface area contributed by atoms with Crippen LogP contribution in [0.4, 0.5) is 0 Å². The van der Waals surface area contributed by atoms with E-state index in [9.17, 15) is 4.79 Å². The number of benzene rings is 2. The number of nitrogens with one attached hydrogen (secondary N) is 1. The molecule has 0 aliphatic rings. The summed E-state index contributed by atoms with van der Waals surface area (Å²) >= 11 is 6.08. The fourth-order valence-electron chi connectivity index (χ4n) is 2.38. The molecule has 3 nitrogen and oxygen atoms in total. The highest BCUT2D eigenvalue weighted by Gasteiger charge is 2.08. The van der Waals surface area contributed by atoms with Crippen molar-refractivity contribution in [2.75, 3.05) is 0 Å². The van der Waals surface area contributed by atoms with Gasteiger partial charge in [-0.2, -0.15) is 0 Å². The van der Waals surface area contributed by atoms with Crippen LogP contribution in [0.15, 0.2) is 60.8 Å². The van der Waals surface area contributed by atoms with E-state index in [0.29, 0.717) is 18.0 Å². The summed E-state index contributed by atoms with van der Waals surface area (Å²) in [5.74, 6) is -0.0435. The lowest BCUT2D eigenvalue weighted by atomic mass is 10.1. The van der Waals surface area contributed by atoms with Gasteiger partial charge in [-0.15, -0.1) is 0 Å². The monoisotopic (exact) mass is 310 g/mol. The predicted octanol–water partition coefficient (Wildman–Crippen LogP) is 3.75. The third-order valence-electron chi connectivity index (χ3n) is 3.50. The second-order valence-corrected chi connectivity index (χ2v) is 5.44. The Labute approximate surface area is 133 Å². The lowest BCUT2D eigenvalue weighted by Crippen LogP contribution is -2.24. The molecule has 4 heteroatoms. The van der Waals surface area contributed by atoms with Gasteiger partial charge in [-0.1, -0.05) is 54.1 Å². The average molecular weight is 311 g/mol. The summed E-state index contributed by atoms with van der Waals surface area (Å²) in [6, 6.07) is 17.3. The Morgan fingerprint density at radius 1 is 1.00 bits per heavy atom. The Kier molecular flexibility index (Phi) is 4.35. The fraction of sp³-hybridized carbons (Fsp3) is 0.111. The minimum absolute atomic E-state index is 0.0435. The SMILES string of the molecule is O=C(Cc1cccc2cccnc12)NCc1ccccc1Cl. The van der Waals surface area contributed by atoms with Crippen molar-refractivity contribution in [1.29, 1.82) is 0 Å². The van der Waals surface area contributed by atoms with Crippen molar-refractivity contribution in [2.24, 2.45) is 0 Å². The van der Waals surface area contributed by atoms with E-state index in [0.717, 1.165) is 22.0 Å². The molecule has 0 spiro atoms. The van der Waals surface area contributed by atoms with Crippen LogP contribution in [-0.4, -0.2) is 10.9 Å². The van der Waals surface area contributed by atoms with Gasteiger partial charge in [0.25, 0.3) is 0 Å². The van der Waals surface area contributed by atoms with Crippen LogP contribution in [0.3, 0.4) is 0 Å². The Hall–Kier alpha value is -2.39. The molecule has 0 saturated carbocycles. The minimum atomic E-state index is -0.0435. The topological polar surface area (TPSA) is 42.0 Å². The molecule has 0 unspecified atom stereocenters. The lowest BCUT2D eigenvalue weighted by molar-refractivity contribution is -0.120. The van der Waals surface area contributed by atoms with Crippen LogP contribution in [0.1, 0.15) is 11.1 Å². The number of hydrogen-bond acceptors (Lipinski definition) is 2. The Balaban J connectivity index is 1.70. The minimum Gasteiger partial charge on any atom is -0.352 e. The maximum atomic E-state index is 12.2. The van der Waals surface area contributed by atoms with Gasteiger partial charge in [0.05, 0.1) is 11.9 Å². The predicted molar refractivity (Wildman–Crippen MR) is 88.7 cm³/mol. The molecule has 1 N–H and O–H groups in total. The van der Waals surface area contributed by atoms with Crippen LogP contribution in [0.25, 0.3) is 10.9 Å². The smallest absolute Gasteiger partial charge is 0.224 e. The van der Waals surface area contributed by atoms with Crippen molar-refractivity contribution < 1.29 is 4.79 Å². The molecule has 0 bridgehead atoms. The summed E-state index contributed by atoms with van der Waals surface area (Å²) < 4.78 is 0. The molecule has 2 aromatic carbocycles. The molecule has 0 aliphatic heterocycles. The summed E-state index contributed by atoms with van der Waals surface area (Å²) in [4.78, 5) is 16.5. The first-order valence-corrected chi connectivity index (χ1v) is 7.44. The molecule has 0 atom stereocenters. The number of nitrogens with zero attached hydrogens (tertiary/aromatic N) is 1. The number of rotatable bonds is 4. The number of halogens is 1. The number of carbonyl (C=O) groups is 1. The van der Waals surface area contributed by atoms with Crippen LogP contribution in [0, 0.1) is 0 Å². The molecule has 1 aromatic heterocycles. The van der Waals surface area contributed by atoms with Crippen LogP contribution in [0.2, 0.25) is 5.02 Å². The first kappa shape index (κ1) is 14.5. The first-order valence-electron chi connectivity index (χ1n) is 7.07. The van der Waals surface area contributed by atoms with Crippen molar-refractivity contribution in [3.8, 4) is 0 Å². The van der Waals surface area contributed by atoms with Crippen molar-refractivity contribution in [1.82, 2.24) is 10.3 Å². The molecule has 3 rings (SSSR count). The van der Waals surface area contributed by atoms with Crippen LogP contribution < -0.4 is 5.32 Å². The molecule has 0 saturated heterocycles. The van der Waals surface area contributed by atoms with E-state index in [-0.39, 0.29) is 5.91 Å².